The van der Waals surface area contributed by atoms with Gasteiger partial charge in [0.15, 0.2) is 5.82 Å². The monoisotopic (exact) mass is 266 g/mol. The molecule has 0 amide bonds. The van der Waals surface area contributed by atoms with Crippen LogP contribution >= 0.6 is 11.6 Å². The smallest absolute Gasteiger partial charge is 0.153 e. The standard InChI is InChI=1S/C13H19ClN4/c14-11-12(15)16-8-17-13(11)18-6-5-9-3-1-2-4-10(9)7-18/h8-10H,1-7H2,(H2,15,16,17). The highest BCUT2D eigenvalue weighted by molar-refractivity contribution is 6.35. The number of nitrogens with zero attached hydrogens (tertiary/aromatic N) is 3. The van der Waals surface area contributed by atoms with Crippen molar-refractivity contribution in [2.75, 3.05) is 23.7 Å². The van der Waals surface area contributed by atoms with E-state index in [4.69, 9.17) is 17.3 Å². The van der Waals surface area contributed by atoms with E-state index in [1.807, 2.05) is 0 Å². The summed E-state index contributed by atoms with van der Waals surface area (Å²) in [5.41, 5.74) is 5.75. The van der Waals surface area contributed by atoms with E-state index in [9.17, 15) is 0 Å². The van der Waals surface area contributed by atoms with E-state index < -0.39 is 0 Å². The summed E-state index contributed by atoms with van der Waals surface area (Å²) >= 11 is 6.21. The Hall–Kier alpha value is -1.03. The van der Waals surface area contributed by atoms with E-state index in [0.717, 1.165) is 30.7 Å². The lowest BCUT2D eigenvalue weighted by atomic mass is 9.75. The Morgan fingerprint density at radius 1 is 1.17 bits per heavy atom. The molecule has 0 radical (unpaired) electrons. The maximum absolute atomic E-state index is 6.21. The van der Waals surface area contributed by atoms with Gasteiger partial charge in [0.1, 0.15) is 17.2 Å². The highest BCUT2D eigenvalue weighted by Gasteiger charge is 2.32. The second-order valence-corrected chi connectivity index (χ2v) is 5.81. The molecule has 2 atom stereocenters. The van der Waals surface area contributed by atoms with Crippen molar-refractivity contribution >= 4 is 23.2 Å². The van der Waals surface area contributed by atoms with Crippen molar-refractivity contribution < 1.29 is 0 Å². The lowest BCUT2D eigenvalue weighted by Crippen LogP contribution is -2.42. The van der Waals surface area contributed by atoms with Crippen LogP contribution in [-0.2, 0) is 0 Å². The Morgan fingerprint density at radius 2 is 1.94 bits per heavy atom. The zero-order valence-electron chi connectivity index (χ0n) is 10.5. The molecule has 4 nitrogen and oxygen atoms in total. The molecule has 18 heavy (non-hydrogen) atoms. The molecule has 0 spiro atoms. The first kappa shape index (κ1) is 12.0. The number of piperidine rings is 1. The number of hydrogen-bond acceptors (Lipinski definition) is 4. The zero-order valence-corrected chi connectivity index (χ0v) is 11.2. The average molecular weight is 267 g/mol. The minimum atomic E-state index is 0.382. The number of fused-ring (bicyclic) bond motifs is 1. The molecule has 5 heteroatoms. The summed E-state index contributed by atoms with van der Waals surface area (Å²) in [6.07, 6.45) is 8.28. The van der Waals surface area contributed by atoms with E-state index in [0.29, 0.717) is 10.8 Å². The second kappa shape index (κ2) is 4.92. The Balaban J connectivity index is 1.79. The minimum absolute atomic E-state index is 0.382. The molecular formula is C13H19ClN4. The van der Waals surface area contributed by atoms with E-state index >= 15 is 0 Å². The van der Waals surface area contributed by atoms with Gasteiger partial charge in [-0.3, -0.25) is 0 Å². The average Bonchev–Trinajstić information content (AvgIpc) is 2.41. The van der Waals surface area contributed by atoms with Crippen LogP contribution in [-0.4, -0.2) is 23.1 Å². The molecule has 1 aliphatic heterocycles. The first-order valence-electron chi connectivity index (χ1n) is 6.76. The molecule has 2 heterocycles. The molecule has 98 valence electrons. The first-order valence-corrected chi connectivity index (χ1v) is 7.14. The number of nitrogens with two attached hydrogens (primary N) is 1. The van der Waals surface area contributed by atoms with Crippen molar-refractivity contribution in [3.8, 4) is 0 Å². The van der Waals surface area contributed by atoms with E-state index in [1.165, 1.54) is 38.4 Å². The Labute approximate surface area is 113 Å². The van der Waals surface area contributed by atoms with Crippen molar-refractivity contribution in [3.05, 3.63) is 11.3 Å². The number of aromatic nitrogens is 2. The number of nitrogen functional groups attached to an aromatic ring is 1. The quantitative estimate of drug-likeness (QED) is 0.849. The highest BCUT2D eigenvalue weighted by Crippen LogP contribution is 2.38. The fourth-order valence-corrected chi connectivity index (χ4v) is 3.60. The summed E-state index contributed by atoms with van der Waals surface area (Å²) in [5, 5.41) is 0.506. The molecule has 1 aromatic rings. The molecule has 1 saturated heterocycles. The van der Waals surface area contributed by atoms with Gasteiger partial charge in [0.05, 0.1) is 0 Å². The van der Waals surface area contributed by atoms with Crippen LogP contribution in [0.5, 0.6) is 0 Å². The van der Waals surface area contributed by atoms with Gasteiger partial charge in [-0.15, -0.1) is 0 Å². The van der Waals surface area contributed by atoms with Crippen LogP contribution in [0.3, 0.4) is 0 Å². The van der Waals surface area contributed by atoms with Gasteiger partial charge in [-0.2, -0.15) is 0 Å². The van der Waals surface area contributed by atoms with Crippen molar-refractivity contribution in [1.82, 2.24) is 9.97 Å². The zero-order chi connectivity index (χ0) is 12.5. The first-order chi connectivity index (χ1) is 8.75. The van der Waals surface area contributed by atoms with Gasteiger partial charge in [-0.05, 0) is 24.7 Å². The van der Waals surface area contributed by atoms with E-state index in [2.05, 4.69) is 14.9 Å². The maximum atomic E-state index is 6.21. The van der Waals surface area contributed by atoms with Crippen LogP contribution < -0.4 is 10.6 Å². The SMILES string of the molecule is Nc1ncnc(N2CCC3CCCCC3C2)c1Cl. The molecule has 3 rings (SSSR count). The van der Waals surface area contributed by atoms with Crippen LogP contribution in [0.2, 0.25) is 5.02 Å². The molecule has 0 aromatic carbocycles. The molecule has 1 aromatic heterocycles. The van der Waals surface area contributed by atoms with Gasteiger partial charge in [-0.1, -0.05) is 30.9 Å². The van der Waals surface area contributed by atoms with Gasteiger partial charge >= 0.3 is 0 Å². The van der Waals surface area contributed by atoms with Gasteiger partial charge < -0.3 is 10.6 Å². The largest absolute Gasteiger partial charge is 0.382 e. The van der Waals surface area contributed by atoms with Gasteiger partial charge in [-0.25, -0.2) is 9.97 Å². The number of rotatable bonds is 1. The molecule has 1 saturated carbocycles. The summed E-state index contributed by atoms with van der Waals surface area (Å²) in [5.74, 6) is 2.91. The molecule has 2 aliphatic rings. The topological polar surface area (TPSA) is 55.0 Å². The molecular weight excluding hydrogens is 248 g/mol. The van der Waals surface area contributed by atoms with E-state index in [-0.39, 0.29) is 0 Å². The molecule has 2 fully saturated rings. The third-order valence-corrected chi connectivity index (χ3v) is 4.75. The van der Waals surface area contributed by atoms with Crippen molar-refractivity contribution in [1.29, 1.82) is 0 Å². The third kappa shape index (κ3) is 2.14. The summed E-state index contributed by atoms with van der Waals surface area (Å²) in [4.78, 5) is 10.5. The predicted molar refractivity (Wildman–Crippen MR) is 73.7 cm³/mol. The number of hydrogen-bond donors (Lipinski definition) is 1. The predicted octanol–water partition coefficient (Wildman–Crippen LogP) is 2.73. The van der Waals surface area contributed by atoms with Crippen LogP contribution in [0.1, 0.15) is 32.1 Å². The van der Waals surface area contributed by atoms with Crippen LogP contribution in [0, 0.1) is 11.8 Å². The third-order valence-electron chi connectivity index (χ3n) is 4.39. The second-order valence-electron chi connectivity index (χ2n) is 5.44. The lowest BCUT2D eigenvalue weighted by Gasteiger charge is -2.42. The summed E-state index contributed by atoms with van der Waals surface area (Å²) in [6, 6.07) is 0. The highest BCUT2D eigenvalue weighted by atomic mass is 35.5. The van der Waals surface area contributed by atoms with Crippen molar-refractivity contribution in [2.45, 2.75) is 32.1 Å². The van der Waals surface area contributed by atoms with Crippen LogP contribution in [0.15, 0.2) is 6.33 Å². The van der Waals surface area contributed by atoms with Gasteiger partial charge in [0, 0.05) is 13.1 Å². The molecule has 0 bridgehead atoms. The van der Waals surface area contributed by atoms with Crippen LogP contribution in [0.25, 0.3) is 0 Å². The fraction of sp³-hybridized carbons (Fsp3) is 0.692. The van der Waals surface area contributed by atoms with Gasteiger partial charge in [0.25, 0.3) is 0 Å². The Morgan fingerprint density at radius 3 is 2.78 bits per heavy atom. The van der Waals surface area contributed by atoms with E-state index in [1.54, 1.807) is 0 Å². The number of halogens is 1. The molecule has 2 N–H and O–H groups in total. The fourth-order valence-electron chi connectivity index (χ4n) is 3.39. The van der Waals surface area contributed by atoms with Crippen molar-refractivity contribution in [2.24, 2.45) is 11.8 Å². The normalized spacial score (nSPS) is 27.9. The maximum Gasteiger partial charge on any atom is 0.153 e. The lowest BCUT2D eigenvalue weighted by molar-refractivity contribution is 0.202. The number of anilines is 2. The van der Waals surface area contributed by atoms with Crippen molar-refractivity contribution in [3.63, 3.8) is 0 Å². The van der Waals surface area contributed by atoms with Gasteiger partial charge in [0.2, 0.25) is 0 Å². The summed E-state index contributed by atoms with van der Waals surface area (Å²) in [7, 11) is 0. The Kier molecular flexibility index (Phi) is 3.29. The molecule has 2 unspecified atom stereocenters. The summed E-state index contributed by atoms with van der Waals surface area (Å²) < 4.78 is 0. The summed E-state index contributed by atoms with van der Waals surface area (Å²) in [6.45, 7) is 2.11. The Bertz CT molecular complexity index is 437. The van der Waals surface area contributed by atoms with Crippen LogP contribution in [0.4, 0.5) is 11.6 Å². The molecule has 1 aliphatic carbocycles. The minimum Gasteiger partial charge on any atom is -0.382 e.